The molecule has 2 heterocycles. The zero-order chi connectivity index (χ0) is 21.1. The molecule has 3 aromatic rings. The van der Waals surface area contributed by atoms with E-state index in [-0.39, 0.29) is 15.9 Å². The van der Waals surface area contributed by atoms with Gasteiger partial charge in [-0.1, -0.05) is 6.07 Å². The average Bonchev–Trinajstić information content (AvgIpc) is 3.38. The van der Waals surface area contributed by atoms with Crippen LogP contribution in [0.4, 0.5) is 10.8 Å². The SMILES string of the molecule is N#Cc1cccc(OC2CCN(c3ccc(S(=O)(=O)Nc4nccs4)cc3)C2=O)c1. The van der Waals surface area contributed by atoms with E-state index in [1.807, 2.05) is 6.07 Å². The summed E-state index contributed by atoms with van der Waals surface area (Å²) in [5.41, 5.74) is 1.04. The molecule has 1 aromatic heterocycles. The first-order chi connectivity index (χ1) is 14.5. The van der Waals surface area contributed by atoms with Gasteiger partial charge in [-0.2, -0.15) is 5.26 Å². The minimum Gasteiger partial charge on any atom is -0.480 e. The number of hydrogen-bond acceptors (Lipinski definition) is 7. The highest BCUT2D eigenvalue weighted by atomic mass is 32.2. The number of aromatic nitrogens is 1. The number of sulfonamides is 1. The van der Waals surface area contributed by atoms with Gasteiger partial charge in [-0.15, -0.1) is 11.3 Å². The number of hydrogen-bond donors (Lipinski definition) is 1. The highest BCUT2D eigenvalue weighted by molar-refractivity contribution is 7.93. The van der Waals surface area contributed by atoms with E-state index in [0.29, 0.717) is 30.0 Å². The lowest BCUT2D eigenvalue weighted by atomic mass is 10.2. The van der Waals surface area contributed by atoms with E-state index >= 15 is 0 Å². The highest BCUT2D eigenvalue weighted by Gasteiger charge is 2.34. The maximum absolute atomic E-state index is 12.8. The van der Waals surface area contributed by atoms with Crippen LogP contribution in [0.15, 0.2) is 65.0 Å². The first kappa shape index (κ1) is 19.9. The molecule has 1 aliphatic rings. The van der Waals surface area contributed by atoms with Crippen LogP contribution in [0.2, 0.25) is 0 Å². The van der Waals surface area contributed by atoms with Gasteiger partial charge in [-0.3, -0.25) is 9.52 Å². The van der Waals surface area contributed by atoms with Gasteiger partial charge in [0.25, 0.3) is 15.9 Å². The number of carbonyl (C=O) groups excluding carboxylic acids is 1. The van der Waals surface area contributed by atoms with Crippen LogP contribution in [-0.4, -0.2) is 32.0 Å². The fourth-order valence-electron chi connectivity index (χ4n) is 3.08. The second-order valence-electron chi connectivity index (χ2n) is 6.46. The summed E-state index contributed by atoms with van der Waals surface area (Å²) in [6, 6.07) is 14.8. The second kappa shape index (κ2) is 8.14. The van der Waals surface area contributed by atoms with Gasteiger partial charge >= 0.3 is 0 Å². The molecule has 0 spiro atoms. The largest absolute Gasteiger partial charge is 0.480 e. The van der Waals surface area contributed by atoms with Crippen LogP contribution in [0.5, 0.6) is 5.75 Å². The van der Waals surface area contributed by atoms with Gasteiger partial charge in [-0.05, 0) is 42.5 Å². The summed E-state index contributed by atoms with van der Waals surface area (Å²) in [4.78, 5) is 18.3. The summed E-state index contributed by atoms with van der Waals surface area (Å²) >= 11 is 1.19. The predicted molar refractivity (Wildman–Crippen MR) is 112 cm³/mol. The lowest BCUT2D eigenvalue weighted by molar-refractivity contribution is -0.122. The number of ether oxygens (including phenoxy) is 1. The Labute approximate surface area is 177 Å². The van der Waals surface area contributed by atoms with Crippen molar-refractivity contribution in [2.24, 2.45) is 0 Å². The fourth-order valence-corrected chi connectivity index (χ4v) is 4.86. The number of benzene rings is 2. The predicted octanol–water partition coefficient (Wildman–Crippen LogP) is 3.00. The maximum Gasteiger partial charge on any atom is 0.268 e. The molecule has 1 aliphatic heterocycles. The Morgan fingerprint density at radius 2 is 2.03 bits per heavy atom. The topological polar surface area (TPSA) is 112 Å². The Bertz CT molecular complexity index is 1200. The summed E-state index contributed by atoms with van der Waals surface area (Å²) in [6.07, 6.45) is 1.34. The molecule has 2 aromatic carbocycles. The maximum atomic E-state index is 12.8. The summed E-state index contributed by atoms with van der Waals surface area (Å²) in [5, 5.41) is 10.9. The van der Waals surface area contributed by atoms with Gasteiger partial charge < -0.3 is 9.64 Å². The molecule has 1 atom stereocenters. The van der Waals surface area contributed by atoms with Crippen molar-refractivity contribution in [1.82, 2.24) is 4.98 Å². The summed E-state index contributed by atoms with van der Waals surface area (Å²) in [5.74, 6) is 0.248. The number of nitriles is 1. The van der Waals surface area contributed by atoms with Crippen LogP contribution in [0, 0.1) is 11.3 Å². The third kappa shape index (κ3) is 4.12. The highest BCUT2D eigenvalue weighted by Crippen LogP contribution is 2.27. The van der Waals surface area contributed by atoms with Crippen LogP contribution in [0.3, 0.4) is 0 Å². The van der Waals surface area contributed by atoms with Gasteiger partial charge in [0, 0.05) is 30.2 Å². The van der Waals surface area contributed by atoms with Gasteiger partial charge in [0.1, 0.15) is 5.75 Å². The first-order valence-electron chi connectivity index (χ1n) is 8.97. The molecule has 1 N–H and O–H groups in total. The van der Waals surface area contributed by atoms with E-state index in [0.717, 1.165) is 0 Å². The van der Waals surface area contributed by atoms with Crippen molar-refractivity contribution < 1.29 is 17.9 Å². The van der Waals surface area contributed by atoms with Crippen molar-refractivity contribution in [2.45, 2.75) is 17.4 Å². The Kier molecular flexibility index (Phi) is 5.39. The van der Waals surface area contributed by atoms with Crippen molar-refractivity contribution in [3.05, 3.63) is 65.7 Å². The van der Waals surface area contributed by atoms with Crippen molar-refractivity contribution >= 4 is 38.1 Å². The molecule has 8 nitrogen and oxygen atoms in total. The van der Waals surface area contributed by atoms with Crippen molar-refractivity contribution in [3.8, 4) is 11.8 Å². The number of carbonyl (C=O) groups is 1. The normalized spacial score (nSPS) is 16.3. The van der Waals surface area contributed by atoms with Crippen LogP contribution in [-0.2, 0) is 14.8 Å². The van der Waals surface area contributed by atoms with E-state index in [1.165, 1.54) is 29.7 Å². The smallest absolute Gasteiger partial charge is 0.268 e. The van der Waals surface area contributed by atoms with Gasteiger partial charge in [0.15, 0.2) is 11.2 Å². The van der Waals surface area contributed by atoms with Crippen LogP contribution >= 0.6 is 11.3 Å². The van der Waals surface area contributed by atoms with E-state index in [9.17, 15) is 13.2 Å². The average molecular weight is 441 g/mol. The molecule has 4 rings (SSSR count). The number of nitrogens with one attached hydrogen (secondary N) is 1. The zero-order valence-corrected chi connectivity index (χ0v) is 17.2. The van der Waals surface area contributed by atoms with Crippen molar-refractivity contribution in [3.63, 3.8) is 0 Å². The molecule has 1 fully saturated rings. The molecule has 1 unspecified atom stereocenters. The Morgan fingerprint density at radius 1 is 1.23 bits per heavy atom. The van der Waals surface area contributed by atoms with Crippen LogP contribution in [0.25, 0.3) is 0 Å². The summed E-state index contributed by atoms with van der Waals surface area (Å²) in [6.45, 7) is 0.449. The van der Waals surface area contributed by atoms with Crippen molar-refractivity contribution in [1.29, 1.82) is 5.26 Å². The molecule has 1 saturated heterocycles. The Hall–Kier alpha value is -3.42. The van der Waals surface area contributed by atoms with E-state index in [2.05, 4.69) is 9.71 Å². The lowest BCUT2D eigenvalue weighted by Crippen LogP contribution is -2.32. The third-order valence-corrected chi connectivity index (χ3v) is 6.68. The van der Waals surface area contributed by atoms with Gasteiger partial charge in [0.2, 0.25) is 0 Å². The molecular weight excluding hydrogens is 424 g/mol. The Morgan fingerprint density at radius 3 is 2.73 bits per heavy atom. The molecule has 10 heteroatoms. The number of rotatable bonds is 6. The minimum atomic E-state index is -3.75. The molecule has 152 valence electrons. The quantitative estimate of drug-likeness (QED) is 0.631. The zero-order valence-electron chi connectivity index (χ0n) is 15.6. The standard InChI is InChI=1S/C20H16N4O4S2/c21-13-14-2-1-3-16(12-14)28-18-8-10-24(19(18)25)15-4-6-17(7-5-15)30(26,27)23-20-22-9-11-29-20/h1-7,9,11-12,18H,8,10H2,(H,22,23). The lowest BCUT2D eigenvalue weighted by Gasteiger charge is -2.18. The van der Waals surface area contributed by atoms with Gasteiger partial charge in [0.05, 0.1) is 16.5 Å². The Balaban J connectivity index is 1.46. The number of thiazole rings is 1. The van der Waals surface area contributed by atoms with Gasteiger partial charge in [-0.25, -0.2) is 13.4 Å². The molecule has 0 aliphatic carbocycles. The van der Waals surface area contributed by atoms with Crippen LogP contribution in [0.1, 0.15) is 12.0 Å². The fraction of sp³-hybridized carbons (Fsp3) is 0.150. The van der Waals surface area contributed by atoms with Crippen LogP contribution < -0.4 is 14.4 Å². The second-order valence-corrected chi connectivity index (χ2v) is 9.04. The first-order valence-corrected chi connectivity index (χ1v) is 11.3. The monoisotopic (exact) mass is 440 g/mol. The third-order valence-electron chi connectivity index (χ3n) is 4.51. The molecule has 0 saturated carbocycles. The van der Waals surface area contributed by atoms with E-state index < -0.39 is 16.1 Å². The van der Waals surface area contributed by atoms with E-state index in [4.69, 9.17) is 10.00 Å². The number of anilines is 2. The molecule has 30 heavy (non-hydrogen) atoms. The minimum absolute atomic E-state index is 0.0780. The molecule has 0 radical (unpaired) electrons. The molecular formula is C20H16N4O4S2. The van der Waals surface area contributed by atoms with E-state index in [1.54, 1.807) is 46.7 Å². The summed E-state index contributed by atoms with van der Waals surface area (Å²) in [7, 11) is -3.75. The number of nitrogens with zero attached hydrogens (tertiary/aromatic N) is 3. The molecule has 1 amide bonds. The summed E-state index contributed by atoms with van der Waals surface area (Å²) < 4.78 is 33.0. The van der Waals surface area contributed by atoms with Crippen molar-refractivity contribution in [2.75, 3.05) is 16.2 Å². The molecule has 0 bridgehead atoms. The number of amides is 1.